The first kappa shape index (κ1) is 30.0. The van der Waals surface area contributed by atoms with Gasteiger partial charge in [0.1, 0.15) is 10.0 Å². The van der Waals surface area contributed by atoms with Crippen molar-refractivity contribution in [2.75, 3.05) is 0 Å². The quantitative estimate of drug-likeness (QED) is 0.168. The first-order valence-electron chi connectivity index (χ1n) is 13.3. The van der Waals surface area contributed by atoms with Crippen molar-refractivity contribution in [1.29, 1.82) is 0 Å². The van der Waals surface area contributed by atoms with Crippen LogP contribution in [0, 0.1) is 6.07 Å². The van der Waals surface area contributed by atoms with E-state index in [9.17, 15) is 0 Å². The van der Waals surface area contributed by atoms with Crippen LogP contribution in [0.25, 0.3) is 53.1 Å². The van der Waals surface area contributed by atoms with Crippen LogP contribution in [0.3, 0.4) is 0 Å². The molecule has 0 saturated heterocycles. The maximum absolute atomic E-state index is 4.54. The summed E-state index contributed by atoms with van der Waals surface area (Å²) < 4.78 is 2.41. The Morgan fingerprint density at radius 2 is 0.884 bits per heavy atom. The molecule has 0 atom stereocenters. The van der Waals surface area contributed by atoms with Gasteiger partial charge in [0.05, 0.1) is 31.8 Å². The van der Waals surface area contributed by atoms with Gasteiger partial charge in [-0.2, -0.15) is 0 Å². The van der Waals surface area contributed by atoms with Crippen LogP contribution in [0.4, 0.5) is 0 Å². The molecule has 8 aromatic rings. The summed E-state index contributed by atoms with van der Waals surface area (Å²) in [6.45, 7) is 0. The van der Waals surface area contributed by atoms with Crippen molar-refractivity contribution in [3.63, 3.8) is 0 Å². The third kappa shape index (κ3) is 7.88. The van der Waals surface area contributed by atoms with Gasteiger partial charge in [-0.15, -0.1) is 58.6 Å². The van der Waals surface area contributed by atoms with Gasteiger partial charge < -0.3 is 4.98 Å². The molecule has 8 heteroatoms. The van der Waals surface area contributed by atoms with Crippen molar-refractivity contribution in [2.24, 2.45) is 0 Å². The number of thiazole rings is 2. The molecule has 0 N–H and O–H groups in total. The first-order valence-corrected chi connectivity index (χ1v) is 14.9. The van der Waals surface area contributed by atoms with E-state index in [0.717, 1.165) is 43.7 Å². The Morgan fingerprint density at radius 3 is 1.30 bits per heavy atom. The summed E-state index contributed by atoms with van der Waals surface area (Å²) >= 11 is 3.35. The Kier molecular flexibility index (Phi) is 10.6. The van der Waals surface area contributed by atoms with Crippen LogP contribution in [0.15, 0.2) is 146 Å². The second-order valence-electron chi connectivity index (χ2n) is 8.89. The summed E-state index contributed by atoms with van der Waals surface area (Å²) in [5, 5.41) is 1.97. The molecule has 0 saturated carbocycles. The van der Waals surface area contributed by atoms with Gasteiger partial charge in [0.15, 0.2) is 0 Å². The molecule has 208 valence electrons. The second-order valence-corrected chi connectivity index (χ2v) is 11.0. The van der Waals surface area contributed by atoms with Crippen LogP contribution in [0.1, 0.15) is 0 Å². The van der Waals surface area contributed by atoms with E-state index in [0.29, 0.717) is 0 Å². The average Bonchev–Trinajstić information content (AvgIpc) is 3.72. The molecule has 0 aliphatic rings. The largest absolute Gasteiger partial charge is 2.00 e. The minimum Gasteiger partial charge on any atom is -0.305 e. The third-order valence-electron chi connectivity index (χ3n) is 6.01. The molecule has 5 aromatic heterocycles. The Hall–Kier alpha value is -4.47. The van der Waals surface area contributed by atoms with Crippen molar-refractivity contribution < 1.29 is 19.8 Å². The van der Waals surface area contributed by atoms with Crippen LogP contribution in [-0.4, -0.2) is 24.9 Å². The number of hydrogen-bond donors (Lipinski definition) is 0. The average molecular weight is 769 g/mol. The molecular weight excluding hydrogens is 745 g/mol. The smallest absolute Gasteiger partial charge is 0.305 e. The molecular formula is C35H24N5OsS2+. The molecule has 5 nitrogen and oxygen atoms in total. The number of aromatic nitrogens is 5. The molecule has 0 aliphatic heterocycles. The third-order valence-corrected chi connectivity index (χ3v) is 8.12. The van der Waals surface area contributed by atoms with E-state index in [1.165, 1.54) is 9.40 Å². The molecule has 0 spiro atoms. The molecule has 3 aromatic carbocycles. The topological polar surface area (TPSA) is 64.5 Å². The molecule has 8 rings (SSSR count). The number of rotatable bonds is 3. The predicted octanol–water partition coefficient (Wildman–Crippen LogP) is 9.26. The zero-order chi connectivity index (χ0) is 28.4. The summed E-state index contributed by atoms with van der Waals surface area (Å²) in [6.07, 6.45) is 5.37. The standard InChI is InChI=1S/2C12H8N2S.C11H8N.Os/c2*1-2-7-11-9(5-1)14-12(15-11)10-6-3-4-8-13-10;1-2-6-10(7-3-1)11-8-4-5-9-12-11;/h2*1-8H;1-6,8-9H;/q;;-1;+2. The Bertz CT molecular complexity index is 1770. The number of hydrogen-bond acceptors (Lipinski definition) is 7. The number of fused-ring (bicyclic) bond motifs is 2. The maximum Gasteiger partial charge on any atom is 2.00 e. The number of nitrogens with zero attached hydrogens (tertiary/aromatic N) is 5. The van der Waals surface area contributed by atoms with E-state index in [4.69, 9.17) is 0 Å². The van der Waals surface area contributed by atoms with E-state index >= 15 is 0 Å². The first-order chi connectivity index (χ1) is 20.8. The molecule has 0 bridgehead atoms. The zero-order valence-corrected chi connectivity index (χ0v) is 26.9. The van der Waals surface area contributed by atoms with Crippen molar-refractivity contribution >= 4 is 43.1 Å². The van der Waals surface area contributed by atoms with Gasteiger partial charge in [-0.05, 0) is 60.3 Å². The van der Waals surface area contributed by atoms with E-state index < -0.39 is 0 Å². The molecule has 0 unspecified atom stereocenters. The number of para-hydroxylation sites is 2. The minimum absolute atomic E-state index is 0. The predicted molar refractivity (Wildman–Crippen MR) is 174 cm³/mol. The number of benzene rings is 3. The van der Waals surface area contributed by atoms with Gasteiger partial charge in [0.2, 0.25) is 0 Å². The Balaban J connectivity index is 0.000000128. The minimum atomic E-state index is 0. The van der Waals surface area contributed by atoms with Gasteiger partial charge in [0.25, 0.3) is 0 Å². The van der Waals surface area contributed by atoms with Crippen LogP contribution >= 0.6 is 22.7 Å². The maximum atomic E-state index is 4.54. The van der Waals surface area contributed by atoms with Gasteiger partial charge in [-0.1, -0.05) is 48.5 Å². The molecule has 0 amide bonds. The summed E-state index contributed by atoms with van der Waals surface area (Å²) in [5.74, 6) is 0. The molecule has 5 heterocycles. The summed E-state index contributed by atoms with van der Waals surface area (Å²) in [4.78, 5) is 21.9. The summed E-state index contributed by atoms with van der Waals surface area (Å²) in [5.41, 5.74) is 5.99. The molecule has 0 aliphatic carbocycles. The van der Waals surface area contributed by atoms with Crippen molar-refractivity contribution in [2.45, 2.75) is 0 Å². The summed E-state index contributed by atoms with van der Waals surface area (Å²) in [7, 11) is 0. The second kappa shape index (κ2) is 15.1. The van der Waals surface area contributed by atoms with Crippen molar-refractivity contribution in [3.05, 3.63) is 152 Å². The van der Waals surface area contributed by atoms with Gasteiger partial charge in [0, 0.05) is 18.6 Å². The molecule has 0 fully saturated rings. The fourth-order valence-corrected chi connectivity index (χ4v) is 5.90. The van der Waals surface area contributed by atoms with Crippen LogP contribution in [0.5, 0.6) is 0 Å². The van der Waals surface area contributed by atoms with Crippen molar-refractivity contribution in [3.8, 4) is 32.7 Å². The van der Waals surface area contributed by atoms with E-state index in [-0.39, 0.29) is 19.8 Å². The van der Waals surface area contributed by atoms with Gasteiger partial charge in [-0.25, -0.2) is 9.97 Å². The Morgan fingerprint density at radius 1 is 0.442 bits per heavy atom. The summed E-state index contributed by atoms with van der Waals surface area (Å²) in [6, 6.07) is 44.9. The normalized spacial score (nSPS) is 10.1. The molecule has 43 heavy (non-hydrogen) atoms. The number of pyridine rings is 3. The van der Waals surface area contributed by atoms with E-state index in [1.54, 1.807) is 41.3 Å². The van der Waals surface area contributed by atoms with Crippen LogP contribution < -0.4 is 0 Å². The van der Waals surface area contributed by atoms with Crippen molar-refractivity contribution in [1.82, 2.24) is 24.9 Å². The monoisotopic (exact) mass is 770 g/mol. The SMILES string of the molecule is [Os+2].[c-]1ccccc1-c1ccccn1.c1ccc(-c2nc3ccccc3s2)nc1.c1ccc(-c2nc3ccccc3s2)nc1. The van der Waals surface area contributed by atoms with Crippen LogP contribution in [-0.2, 0) is 19.8 Å². The Labute approximate surface area is 271 Å². The fraction of sp³-hybridized carbons (Fsp3) is 0. The van der Waals surface area contributed by atoms with Gasteiger partial charge in [-0.3, -0.25) is 9.97 Å². The zero-order valence-electron chi connectivity index (χ0n) is 22.8. The fourth-order valence-electron chi connectivity index (χ4n) is 4.02. The molecule has 0 radical (unpaired) electrons. The van der Waals surface area contributed by atoms with E-state index in [1.807, 2.05) is 115 Å². The van der Waals surface area contributed by atoms with Gasteiger partial charge >= 0.3 is 19.8 Å². The van der Waals surface area contributed by atoms with E-state index in [2.05, 4.69) is 43.1 Å². The van der Waals surface area contributed by atoms with Crippen LogP contribution in [0.2, 0.25) is 0 Å².